The number of hydrogen-bond acceptors (Lipinski definition) is 1. The molecule has 2 aliphatic rings. The molecule has 1 heterocycles. The zero-order valence-electron chi connectivity index (χ0n) is 11.5. The fourth-order valence-corrected chi connectivity index (χ4v) is 2.98. The molecule has 5 heteroatoms. The molecule has 1 unspecified atom stereocenters. The van der Waals surface area contributed by atoms with Gasteiger partial charge in [0.1, 0.15) is 0 Å². The van der Waals surface area contributed by atoms with Gasteiger partial charge in [-0.2, -0.15) is 13.2 Å². The Morgan fingerprint density at radius 2 is 1.95 bits per heavy atom. The molecule has 1 aromatic rings. The van der Waals surface area contributed by atoms with E-state index in [-0.39, 0.29) is 18.7 Å². The molecule has 1 aliphatic heterocycles. The molecule has 0 saturated carbocycles. The van der Waals surface area contributed by atoms with Crippen LogP contribution in [0.1, 0.15) is 36.8 Å². The van der Waals surface area contributed by atoms with Crippen molar-refractivity contribution in [3.63, 3.8) is 0 Å². The lowest BCUT2D eigenvalue weighted by atomic mass is 9.85. The van der Waals surface area contributed by atoms with Gasteiger partial charge in [-0.1, -0.05) is 12.1 Å². The first-order chi connectivity index (χ1) is 9.93. The molecular formula is C16H16F3NO. The van der Waals surface area contributed by atoms with E-state index in [4.69, 9.17) is 0 Å². The summed E-state index contributed by atoms with van der Waals surface area (Å²) >= 11 is 0. The van der Waals surface area contributed by atoms with Crippen LogP contribution in [0.4, 0.5) is 18.9 Å². The Labute approximate surface area is 121 Å². The van der Waals surface area contributed by atoms with Crippen LogP contribution in [0.3, 0.4) is 0 Å². The summed E-state index contributed by atoms with van der Waals surface area (Å²) < 4.78 is 38.0. The van der Waals surface area contributed by atoms with Crippen molar-refractivity contribution in [1.29, 1.82) is 0 Å². The van der Waals surface area contributed by atoms with E-state index in [1.807, 2.05) is 18.2 Å². The zero-order chi connectivity index (χ0) is 15.0. The minimum absolute atomic E-state index is 0.0140. The molecule has 1 amide bonds. The number of anilines is 1. The lowest BCUT2D eigenvalue weighted by molar-refractivity contribution is -0.175. The number of aryl methyl sites for hydroxylation is 1. The minimum Gasteiger partial charge on any atom is -0.326 e. The SMILES string of the molecule is O=C1CCc2cc(C3=CCC(C(F)(F)F)CC3)ccc2N1. The van der Waals surface area contributed by atoms with Gasteiger partial charge in [0.05, 0.1) is 5.92 Å². The van der Waals surface area contributed by atoms with Crippen molar-refractivity contribution in [2.75, 3.05) is 5.32 Å². The summed E-state index contributed by atoms with van der Waals surface area (Å²) in [5.41, 5.74) is 3.84. The molecule has 2 nitrogen and oxygen atoms in total. The van der Waals surface area contributed by atoms with Crippen molar-refractivity contribution in [1.82, 2.24) is 0 Å². The average molecular weight is 295 g/mol. The normalized spacial score (nSPS) is 22.3. The van der Waals surface area contributed by atoms with Crippen LogP contribution in [-0.2, 0) is 11.2 Å². The second-order valence-electron chi connectivity index (χ2n) is 5.66. The standard InChI is InChI=1S/C16H16F3NO/c17-16(18,19)13-5-1-10(2-6-13)11-3-7-14-12(9-11)4-8-15(21)20-14/h1,3,7,9,13H,2,4-6,8H2,(H,20,21). The zero-order valence-corrected chi connectivity index (χ0v) is 11.5. The third-order valence-corrected chi connectivity index (χ3v) is 4.25. The number of fused-ring (bicyclic) bond motifs is 1. The molecule has 0 fully saturated rings. The predicted octanol–water partition coefficient (Wildman–Crippen LogP) is 4.32. The highest BCUT2D eigenvalue weighted by Crippen LogP contribution is 2.40. The minimum atomic E-state index is -4.10. The lowest BCUT2D eigenvalue weighted by Gasteiger charge is -2.25. The Kier molecular flexibility index (Phi) is 3.51. The van der Waals surface area contributed by atoms with Crippen molar-refractivity contribution in [3.8, 4) is 0 Å². The molecular weight excluding hydrogens is 279 g/mol. The fourth-order valence-electron chi connectivity index (χ4n) is 2.98. The van der Waals surface area contributed by atoms with Crippen molar-refractivity contribution in [2.45, 2.75) is 38.3 Å². The second-order valence-corrected chi connectivity index (χ2v) is 5.66. The van der Waals surface area contributed by atoms with E-state index < -0.39 is 12.1 Å². The maximum Gasteiger partial charge on any atom is 0.392 e. The van der Waals surface area contributed by atoms with Gasteiger partial charge in [0.15, 0.2) is 0 Å². The summed E-state index contributed by atoms with van der Waals surface area (Å²) in [6.45, 7) is 0. The van der Waals surface area contributed by atoms with E-state index in [1.54, 1.807) is 6.08 Å². The van der Waals surface area contributed by atoms with Gasteiger partial charge in [-0.15, -0.1) is 0 Å². The molecule has 21 heavy (non-hydrogen) atoms. The number of halogens is 3. The summed E-state index contributed by atoms with van der Waals surface area (Å²) in [6, 6.07) is 5.72. The summed E-state index contributed by atoms with van der Waals surface area (Å²) in [5.74, 6) is -1.20. The molecule has 0 aromatic heterocycles. The first-order valence-electron chi connectivity index (χ1n) is 7.12. The Morgan fingerprint density at radius 1 is 1.14 bits per heavy atom. The molecule has 1 aliphatic carbocycles. The second kappa shape index (κ2) is 5.20. The van der Waals surface area contributed by atoms with Crippen LogP contribution in [0.5, 0.6) is 0 Å². The van der Waals surface area contributed by atoms with E-state index in [9.17, 15) is 18.0 Å². The van der Waals surface area contributed by atoms with Gasteiger partial charge in [-0.25, -0.2) is 0 Å². The largest absolute Gasteiger partial charge is 0.392 e. The van der Waals surface area contributed by atoms with Gasteiger partial charge in [0.2, 0.25) is 5.91 Å². The molecule has 0 radical (unpaired) electrons. The number of hydrogen-bond donors (Lipinski definition) is 1. The summed E-state index contributed by atoms with van der Waals surface area (Å²) in [4.78, 5) is 11.3. The maximum absolute atomic E-state index is 12.7. The van der Waals surface area contributed by atoms with Crippen molar-refractivity contribution >= 4 is 17.2 Å². The van der Waals surface area contributed by atoms with E-state index in [1.165, 1.54) is 0 Å². The monoisotopic (exact) mass is 295 g/mol. The first kappa shape index (κ1) is 14.2. The number of rotatable bonds is 1. The van der Waals surface area contributed by atoms with Crippen LogP contribution in [0.2, 0.25) is 0 Å². The predicted molar refractivity (Wildman–Crippen MR) is 74.8 cm³/mol. The number of amides is 1. The number of benzene rings is 1. The molecule has 112 valence electrons. The highest BCUT2D eigenvalue weighted by Gasteiger charge is 2.39. The molecule has 3 rings (SSSR count). The van der Waals surface area contributed by atoms with Crippen LogP contribution >= 0.6 is 0 Å². The molecule has 1 atom stereocenters. The Hall–Kier alpha value is -1.78. The Morgan fingerprint density at radius 3 is 2.62 bits per heavy atom. The number of carbonyl (C=O) groups is 1. The van der Waals surface area contributed by atoms with Crippen molar-refractivity contribution < 1.29 is 18.0 Å². The van der Waals surface area contributed by atoms with Crippen LogP contribution in [-0.4, -0.2) is 12.1 Å². The van der Waals surface area contributed by atoms with Gasteiger partial charge >= 0.3 is 6.18 Å². The fraction of sp³-hybridized carbons (Fsp3) is 0.438. The van der Waals surface area contributed by atoms with E-state index >= 15 is 0 Å². The molecule has 1 N–H and O–H groups in total. The van der Waals surface area contributed by atoms with Gasteiger partial charge in [-0.3, -0.25) is 4.79 Å². The Balaban J connectivity index is 1.80. The van der Waals surface area contributed by atoms with E-state index in [2.05, 4.69) is 5.32 Å². The summed E-state index contributed by atoms with van der Waals surface area (Å²) in [5, 5.41) is 2.81. The van der Waals surface area contributed by atoms with Crippen molar-refractivity contribution in [2.24, 2.45) is 5.92 Å². The van der Waals surface area contributed by atoms with E-state index in [0.717, 1.165) is 22.4 Å². The highest BCUT2D eigenvalue weighted by atomic mass is 19.4. The molecule has 0 spiro atoms. The number of alkyl halides is 3. The quantitative estimate of drug-likeness (QED) is 0.821. The lowest BCUT2D eigenvalue weighted by Crippen LogP contribution is -2.24. The van der Waals surface area contributed by atoms with Gasteiger partial charge < -0.3 is 5.32 Å². The van der Waals surface area contributed by atoms with Crippen LogP contribution in [0.15, 0.2) is 24.3 Å². The van der Waals surface area contributed by atoms with Crippen LogP contribution < -0.4 is 5.32 Å². The molecule has 0 saturated heterocycles. The topological polar surface area (TPSA) is 29.1 Å². The number of allylic oxidation sites excluding steroid dienone is 2. The van der Waals surface area contributed by atoms with E-state index in [0.29, 0.717) is 19.3 Å². The van der Waals surface area contributed by atoms with Gasteiger partial charge in [0.25, 0.3) is 0 Å². The first-order valence-corrected chi connectivity index (χ1v) is 7.12. The summed E-state index contributed by atoms with van der Waals surface area (Å²) in [7, 11) is 0. The third-order valence-electron chi connectivity index (χ3n) is 4.25. The Bertz CT molecular complexity index is 604. The van der Waals surface area contributed by atoms with Crippen molar-refractivity contribution in [3.05, 3.63) is 35.4 Å². The van der Waals surface area contributed by atoms with Crippen LogP contribution in [0, 0.1) is 5.92 Å². The number of nitrogens with one attached hydrogen (secondary N) is 1. The smallest absolute Gasteiger partial charge is 0.326 e. The molecule has 0 bridgehead atoms. The summed E-state index contributed by atoms with van der Waals surface area (Å²) in [6.07, 6.45) is -0.558. The highest BCUT2D eigenvalue weighted by molar-refractivity contribution is 5.94. The average Bonchev–Trinajstić information content (AvgIpc) is 2.46. The maximum atomic E-state index is 12.7. The number of carbonyl (C=O) groups excluding carboxylic acids is 1. The third kappa shape index (κ3) is 2.96. The van der Waals surface area contributed by atoms with Gasteiger partial charge in [-0.05, 0) is 54.5 Å². The molecule has 1 aromatic carbocycles. The van der Waals surface area contributed by atoms with Gasteiger partial charge in [0, 0.05) is 12.1 Å². The van der Waals surface area contributed by atoms with Crippen LogP contribution in [0.25, 0.3) is 5.57 Å².